The van der Waals surface area contributed by atoms with E-state index >= 15 is 0 Å². The van der Waals surface area contributed by atoms with E-state index in [2.05, 4.69) is 0 Å². The minimum Gasteiger partial charge on any atom is -0.487 e. The first-order valence-electron chi connectivity index (χ1n) is 8.73. The number of rotatable bonds is 5. The molecule has 1 aliphatic rings. The van der Waals surface area contributed by atoms with E-state index in [9.17, 15) is 13.6 Å². The predicted molar refractivity (Wildman–Crippen MR) is 102 cm³/mol. The highest BCUT2D eigenvalue weighted by Crippen LogP contribution is 2.24. The Bertz CT molecular complexity index is 753. The summed E-state index contributed by atoms with van der Waals surface area (Å²) in [5.74, 6) is -1.29. The maximum atomic E-state index is 13.7. The quantitative estimate of drug-likeness (QED) is 0.835. The van der Waals surface area contributed by atoms with E-state index in [4.69, 9.17) is 10.5 Å². The van der Waals surface area contributed by atoms with Crippen molar-refractivity contribution in [2.75, 3.05) is 13.1 Å². The molecule has 1 atom stereocenters. The lowest BCUT2D eigenvalue weighted by atomic mass is 10.0. The Labute approximate surface area is 163 Å². The van der Waals surface area contributed by atoms with Crippen molar-refractivity contribution in [1.29, 1.82) is 0 Å². The average molecular weight is 397 g/mol. The third-order valence-electron chi connectivity index (χ3n) is 4.60. The third kappa shape index (κ3) is 5.65. The smallest absolute Gasteiger partial charge is 0.224 e. The maximum absolute atomic E-state index is 13.7. The van der Waals surface area contributed by atoms with Crippen LogP contribution in [0.3, 0.4) is 0 Å². The van der Waals surface area contributed by atoms with Gasteiger partial charge in [0.1, 0.15) is 11.9 Å². The van der Waals surface area contributed by atoms with E-state index in [1.165, 1.54) is 12.1 Å². The molecule has 27 heavy (non-hydrogen) atoms. The van der Waals surface area contributed by atoms with Gasteiger partial charge >= 0.3 is 0 Å². The van der Waals surface area contributed by atoms with Crippen LogP contribution in [0, 0.1) is 11.6 Å². The first kappa shape index (κ1) is 21.1. The number of carbonyl (C=O) groups excluding carboxylic acids is 1. The number of benzene rings is 2. The number of likely N-dealkylation sites (tertiary alicyclic amines) is 1. The van der Waals surface area contributed by atoms with Crippen LogP contribution in [0.25, 0.3) is 0 Å². The van der Waals surface area contributed by atoms with Gasteiger partial charge in [-0.3, -0.25) is 4.79 Å². The minimum absolute atomic E-state index is 0. The molecule has 1 saturated heterocycles. The molecule has 0 aliphatic carbocycles. The number of hydrogen-bond donors (Lipinski definition) is 1. The number of ether oxygens (including phenoxy) is 1. The molecule has 1 unspecified atom stereocenters. The summed E-state index contributed by atoms with van der Waals surface area (Å²) in [6.45, 7) is 1.07. The van der Waals surface area contributed by atoms with Gasteiger partial charge in [0, 0.05) is 44.5 Å². The lowest BCUT2D eigenvalue weighted by molar-refractivity contribution is -0.133. The summed E-state index contributed by atoms with van der Waals surface area (Å²) in [4.78, 5) is 14.2. The second kappa shape index (κ2) is 9.67. The molecular formula is C20H23ClF2N2O2. The van der Waals surface area contributed by atoms with Crippen LogP contribution in [0.4, 0.5) is 8.78 Å². The summed E-state index contributed by atoms with van der Waals surface area (Å²) in [6, 6.07) is 12.5. The Kier molecular flexibility index (Phi) is 7.56. The van der Waals surface area contributed by atoms with E-state index in [1.807, 2.05) is 30.3 Å². The highest BCUT2D eigenvalue weighted by molar-refractivity contribution is 5.85. The average Bonchev–Trinajstić information content (AvgIpc) is 2.65. The molecule has 1 fully saturated rings. The molecule has 0 radical (unpaired) electrons. The second-order valence-corrected chi connectivity index (χ2v) is 6.49. The highest BCUT2D eigenvalue weighted by Gasteiger charge is 2.25. The molecule has 1 heterocycles. The predicted octanol–water partition coefficient (Wildman–Crippen LogP) is 3.85. The summed E-state index contributed by atoms with van der Waals surface area (Å²) in [7, 11) is 0. The van der Waals surface area contributed by atoms with Gasteiger partial charge in [-0.15, -0.1) is 12.4 Å². The van der Waals surface area contributed by atoms with Gasteiger partial charge in [0.15, 0.2) is 11.6 Å². The lowest BCUT2D eigenvalue weighted by Gasteiger charge is -2.33. The molecule has 4 nitrogen and oxygen atoms in total. The molecule has 0 bridgehead atoms. The highest BCUT2D eigenvalue weighted by atomic mass is 35.5. The van der Waals surface area contributed by atoms with E-state index < -0.39 is 11.6 Å². The van der Waals surface area contributed by atoms with Crippen molar-refractivity contribution in [1.82, 2.24) is 4.90 Å². The Balaban J connectivity index is 0.00000261. The van der Waals surface area contributed by atoms with Crippen molar-refractivity contribution in [3.63, 3.8) is 0 Å². The molecule has 2 N–H and O–H groups in total. The fraction of sp³-hybridized carbons (Fsp3) is 0.350. The van der Waals surface area contributed by atoms with Crippen LogP contribution in [0.1, 0.15) is 30.9 Å². The van der Waals surface area contributed by atoms with Crippen molar-refractivity contribution in [3.05, 3.63) is 65.7 Å². The first-order valence-corrected chi connectivity index (χ1v) is 8.73. The zero-order valence-electron chi connectivity index (χ0n) is 14.8. The van der Waals surface area contributed by atoms with Crippen LogP contribution in [0.15, 0.2) is 48.5 Å². The van der Waals surface area contributed by atoms with Crippen LogP contribution >= 0.6 is 12.4 Å². The topological polar surface area (TPSA) is 55.6 Å². The SMILES string of the molecule is Cl.NC(CC(=O)N1CCC(Oc2ccc(F)cc2F)CC1)c1ccccc1. The van der Waals surface area contributed by atoms with Crippen LogP contribution in [-0.4, -0.2) is 30.0 Å². The number of amides is 1. The summed E-state index contributed by atoms with van der Waals surface area (Å²) in [5.41, 5.74) is 7.05. The Morgan fingerprint density at radius 3 is 2.44 bits per heavy atom. The van der Waals surface area contributed by atoms with Gasteiger partial charge in [0.05, 0.1) is 0 Å². The zero-order valence-corrected chi connectivity index (χ0v) is 15.6. The molecule has 0 saturated carbocycles. The summed E-state index contributed by atoms with van der Waals surface area (Å²) >= 11 is 0. The van der Waals surface area contributed by atoms with Crippen molar-refractivity contribution >= 4 is 18.3 Å². The molecule has 2 aromatic rings. The van der Waals surface area contributed by atoms with Gasteiger partial charge in [0.25, 0.3) is 0 Å². The number of carbonyl (C=O) groups is 1. The monoisotopic (exact) mass is 396 g/mol. The van der Waals surface area contributed by atoms with Crippen LogP contribution < -0.4 is 10.5 Å². The van der Waals surface area contributed by atoms with Crippen molar-refractivity contribution < 1.29 is 18.3 Å². The number of hydrogen-bond acceptors (Lipinski definition) is 3. The third-order valence-corrected chi connectivity index (χ3v) is 4.60. The molecule has 3 rings (SSSR count). The minimum atomic E-state index is -0.711. The molecule has 2 aromatic carbocycles. The fourth-order valence-electron chi connectivity index (χ4n) is 3.11. The molecular weight excluding hydrogens is 374 g/mol. The van der Waals surface area contributed by atoms with Gasteiger partial charge in [0.2, 0.25) is 5.91 Å². The largest absolute Gasteiger partial charge is 0.487 e. The van der Waals surface area contributed by atoms with Crippen molar-refractivity contribution in [2.24, 2.45) is 5.73 Å². The van der Waals surface area contributed by atoms with E-state index in [0.717, 1.165) is 11.6 Å². The zero-order chi connectivity index (χ0) is 18.5. The van der Waals surface area contributed by atoms with Crippen molar-refractivity contribution in [3.8, 4) is 5.75 Å². The Morgan fingerprint density at radius 1 is 1.15 bits per heavy atom. The summed E-state index contributed by atoms with van der Waals surface area (Å²) in [5, 5.41) is 0. The number of halogens is 3. The van der Waals surface area contributed by atoms with Crippen molar-refractivity contribution in [2.45, 2.75) is 31.4 Å². The molecule has 7 heteroatoms. The first-order chi connectivity index (χ1) is 12.5. The molecule has 0 spiro atoms. The van der Waals surface area contributed by atoms with E-state index in [0.29, 0.717) is 25.9 Å². The van der Waals surface area contributed by atoms with Crippen LogP contribution in [0.5, 0.6) is 5.75 Å². The number of piperidine rings is 1. The summed E-state index contributed by atoms with van der Waals surface area (Å²) in [6.07, 6.45) is 1.26. The normalized spacial score (nSPS) is 15.7. The molecule has 1 amide bonds. The molecule has 146 valence electrons. The number of nitrogens with two attached hydrogens (primary N) is 1. The standard InChI is InChI=1S/C20H22F2N2O2.ClH/c21-15-6-7-19(17(22)12-15)26-16-8-10-24(11-9-16)20(25)13-18(23)14-4-2-1-3-5-14;/h1-7,12,16,18H,8-11,13,23H2;1H. The van der Waals surface area contributed by atoms with Gasteiger partial charge in [-0.25, -0.2) is 8.78 Å². The van der Waals surface area contributed by atoms with Crippen LogP contribution in [-0.2, 0) is 4.79 Å². The van der Waals surface area contributed by atoms with E-state index in [1.54, 1.807) is 4.90 Å². The second-order valence-electron chi connectivity index (χ2n) is 6.49. The van der Waals surface area contributed by atoms with Gasteiger partial charge in [-0.05, 0) is 17.7 Å². The Hall–Kier alpha value is -2.18. The van der Waals surface area contributed by atoms with E-state index in [-0.39, 0.29) is 42.6 Å². The lowest BCUT2D eigenvalue weighted by Crippen LogP contribution is -2.42. The van der Waals surface area contributed by atoms with Gasteiger partial charge in [-0.2, -0.15) is 0 Å². The summed E-state index contributed by atoms with van der Waals surface area (Å²) < 4.78 is 32.2. The fourth-order valence-corrected chi connectivity index (χ4v) is 3.11. The maximum Gasteiger partial charge on any atom is 0.224 e. The van der Waals surface area contributed by atoms with Gasteiger partial charge in [-0.1, -0.05) is 30.3 Å². The number of nitrogens with zero attached hydrogens (tertiary/aromatic N) is 1. The van der Waals surface area contributed by atoms with Crippen LogP contribution in [0.2, 0.25) is 0 Å². The Morgan fingerprint density at radius 2 is 1.81 bits per heavy atom. The molecule has 1 aliphatic heterocycles. The van der Waals surface area contributed by atoms with Gasteiger partial charge < -0.3 is 15.4 Å². The molecule has 0 aromatic heterocycles.